The van der Waals surface area contributed by atoms with Crippen molar-refractivity contribution in [3.8, 4) is 11.5 Å². The number of aromatic hydroxyl groups is 1. The SMILES string of the molecule is CC(=O)c1c(C)cc(O)cc1C.CC(=O)c1c(C)cc(OCC(O)CO)cc1C. The average Bonchev–Trinajstić information content (AvgIpc) is 2.58. The molecule has 6 nitrogen and oxygen atoms in total. The lowest BCUT2D eigenvalue weighted by molar-refractivity contribution is 0.0535. The predicted octanol–water partition coefficient (Wildman–Crippen LogP) is 3.45. The van der Waals surface area contributed by atoms with Gasteiger partial charge in [0.2, 0.25) is 0 Å². The maximum absolute atomic E-state index is 11.4. The Morgan fingerprint density at radius 1 is 0.862 bits per heavy atom. The Balaban J connectivity index is 0.000000308. The highest BCUT2D eigenvalue weighted by Gasteiger charge is 2.11. The Morgan fingerprint density at radius 2 is 1.24 bits per heavy atom. The van der Waals surface area contributed by atoms with Gasteiger partial charge in [-0.25, -0.2) is 0 Å². The van der Waals surface area contributed by atoms with E-state index in [0.29, 0.717) is 16.9 Å². The Kier molecular flexibility index (Phi) is 9.01. The second-order valence-corrected chi connectivity index (χ2v) is 7.15. The minimum absolute atomic E-state index is 0.0296. The van der Waals surface area contributed by atoms with E-state index in [0.717, 1.165) is 22.3 Å². The lowest BCUT2D eigenvalue weighted by atomic mass is 9.99. The number of ether oxygens (including phenoxy) is 1. The number of Topliss-reactive ketones (excluding diaryl/α,β-unsaturated/α-hetero) is 2. The third-order valence-corrected chi connectivity index (χ3v) is 4.38. The molecule has 0 aromatic heterocycles. The summed E-state index contributed by atoms with van der Waals surface area (Å²) in [5.41, 5.74) is 4.80. The summed E-state index contributed by atoms with van der Waals surface area (Å²) in [5.74, 6) is 0.888. The number of aryl methyl sites for hydroxylation is 4. The molecule has 2 aromatic carbocycles. The number of phenols is 1. The Labute approximate surface area is 171 Å². The second-order valence-electron chi connectivity index (χ2n) is 7.15. The number of benzene rings is 2. The molecule has 1 atom stereocenters. The third-order valence-electron chi connectivity index (χ3n) is 4.38. The fourth-order valence-electron chi connectivity index (χ4n) is 3.30. The minimum Gasteiger partial charge on any atom is -0.508 e. The summed E-state index contributed by atoms with van der Waals surface area (Å²) in [4.78, 5) is 22.5. The van der Waals surface area contributed by atoms with Gasteiger partial charge in [0.25, 0.3) is 0 Å². The van der Waals surface area contributed by atoms with Crippen molar-refractivity contribution in [3.05, 3.63) is 57.6 Å². The molecule has 0 aliphatic rings. The molecule has 0 aliphatic carbocycles. The number of carbonyl (C=O) groups is 2. The minimum atomic E-state index is -0.886. The number of hydrogen-bond acceptors (Lipinski definition) is 6. The van der Waals surface area contributed by atoms with Crippen LogP contribution in [0.25, 0.3) is 0 Å². The first-order valence-corrected chi connectivity index (χ1v) is 9.32. The number of carbonyl (C=O) groups excluding carboxylic acids is 2. The number of aliphatic hydroxyl groups is 2. The molecule has 2 rings (SSSR count). The van der Waals surface area contributed by atoms with Crippen molar-refractivity contribution in [1.82, 2.24) is 0 Å². The normalized spacial score (nSPS) is 11.3. The molecule has 0 bridgehead atoms. The van der Waals surface area contributed by atoms with E-state index in [2.05, 4.69) is 0 Å². The zero-order valence-electron chi connectivity index (χ0n) is 17.9. The van der Waals surface area contributed by atoms with E-state index >= 15 is 0 Å². The lowest BCUT2D eigenvalue weighted by Gasteiger charge is -2.13. The van der Waals surface area contributed by atoms with E-state index < -0.39 is 6.10 Å². The zero-order chi connectivity index (χ0) is 22.3. The molecule has 2 aromatic rings. The van der Waals surface area contributed by atoms with Crippen molar-refractivity contribution in [2.45, 2.75) is 47.6 Å². The van der Waals surface area contributed by atoms with Crippen LogP contribution >= 0.6 is 0 Å². The highest BCUT2D eigenvalue weighted by atomic mass is 16.5. The van der Waals surface area contributed by atoms with Crippen LogP contribution in [0.5, 0.6) is 11.5 Å². The smallest absolute Gasteiger partial charge is 0.160 e. The Bertz CT molecular complexity index is 839. The largest absolute Gasteiger partial charge is 0.508 e. The van der Waals surface area contributed by atoms with E-state index in [-0.39, 0.29) is 30.5 Å². The van der Waals surface area contributed by atoms with E-state index in [9.17, 15) is 19.8 Å². The van der Waals surface area contributed by atoms with E-state index in [4.69, 9.17) is 9.84 Å². The maximum Gasteiger partial charge on any atom is 0.160 e. The fourth-order valence-corrected chi connectivity index (χ4v) is 3.30. The van der Waals surface area contributed by atoms with E-state index in [1.807, 2.05) is 27.7 Å². The number of hydrogen-bond donors (Lipinski definition) is 3. The average molecular weight is 402 g/mol. The molecular formula is C23H30O6. The van der Waals surface area contributed by atoms with Crippen molar-refractivity contribution in [2.24, 2.45) is 0 Å². The van der Waals surface area contributed by atoms with Crippen LogP contribution in [0.15, 0.2) is 24.3 Å². The highest BCUT2D eigenvalue weighted by molar-refractivity contribution is 5.97. The number of rotatable bonds is 6. The Hall–Kier alpha value is -2.70. The molecule has 0 heterocycles. The van der Waals surface area contributed by atoms with Gasteiger partial charge < -0.3 is 20.1 Å². The first-order chi connectivity index (χ1) is 13.5. The molecule has 6 heteroatoms. The van der Waals surface area contributed by atoms with Gasteiger partial charge in [0.1, 0.15) is 24.2 Å². The van der Waals surface area contributed by atoms with Crippen molar-refractivity contribution < 1.29 is 29.6 Å². The molecule has 1 unspecified atom stereocenters. The molecule has 29 heavy (non-hydrogen) atoms. The van der Waals surface area contributed by atoms with Crippen LogP contribution in [0.3, 0.4) is 0 Å². The highest BCUT2D eigenvalue weighted by Crippen LogP contribution is 2.22. The van der Waals surface area contributed by atoms with Gasteiger partial charge >= 0.3 is 0 Å². The summed E-state index contributed by atoms with van der Waals surface area (Å²) in [6.07, 6.45) is -0.886. The van der Waals surface area contributed by atoms with Gasteiger partial charge in [-0.1, -0.05) is 0 Å². The fraction of sp³-hybridized carbons (Fsp3) is 0.391. The van der Waals surface area contributed by atoms with Crippen LogP contribution in [0.1, 0.15) is 56.8 Å². The number of aliphatic hydroxyl groups excluding tert-OH is 2. The molecule has 0 saturated heterocycles. The molecule has 0 aliphatic heterocycles. The second kappa shape index (κ2) is 10.7. The molecule has 0 spiro atoms. The predicted molar refractivity (Wildman–Crippen MR) is 112 cm³/mol. The zero-order valence-corrected chi connectivity index (χ0v) is 17.9. The molecule has 0 saturated carbocycles. The molecule has 0 fully saturated rings. The van der Waals surface area contributed by atoms with Crippen molar-refractivity contribution in [2.75, 3.05) is 13.2 Å². The van der Waals surface area contributed by atoms with Gasteiger partial charge in [0, 0.05) is 11.1 Å². The van der Waals surface area contributed by atoms with Crippen molar-refractivity contribution in [3.63, 3.8) is 0 Å². The molecule has 0 radical (unpaired) electrons. The summed E-state index contributed by atoms with van der Waals surface area (Å²) in [6.45, 7) is 10.1. The molecule has 158 valence electrons. The van der Waals surface area contributed by atoms with Crippen LogP contribution in [-0.2, 0) is 0 Å². The van der Waals surface area contributed by atoms with Gasteiger partial charge in [0.05, 0.1) is 6.61 Å². The molecule has 0 amide bonds. The van der Waals surface area contributed by atoms with Crippen LogP contribution in [0, 0.1) is 27.7 Å². The maximum atomic E-state index is 11.4. The Morgan fingerprint density at radius 3 is 1.59 bits per heavy atom. The first-order valence-electron chi connectivity index (χ1n) is 9.32. The summed E-state index contributed by atoms with van der Waals surface area (Å²) >= 11 is 0. The van der Waals surface area contributed by atoms with Gasteiger partial charge in [-0.05, 0) is 88.1 Å². The van der Waals surface area contributed by atoms with Crippen molar-refractivity contribution in [1.29, 1.82) is 0 Å². The van der Waals surface area contributed by atoms with Crippen LogP contribution < -0.4 is 4.74 Å². The summed E-state index contributed by atoms with van der Waals surface area (Å²) in [7, 11) is 0. The molecular weight excluding hydrogens is 372 g/mol. The third kappa shape index (κ3) is 7.00. The van der Waals surface area contributed by atoms with E-state index in [1.54, 1.807) is 24.3 Å². The van der Waals surface area contributed by atoms with Crippen molar-refractivity contribution >= 4 is 11.6 Å². The molecule has 3 N–H and O–H groups in total. The lowest BCUT2D eigenvalue weighted by Crippen LogP contribution is -2.21. The topological polar surface area (TPSA) is 104 Å². The first kappa shape index (κ1) is 24.3. The van der Waals surface area contributed by atoms with E-state index in [1.165, 1.54) is 13.8 Å². The summed E-state index contributed by atoms with van der Waals surface area (Å²) in [5, 5.41) is 27.0. The van der Waals surface area contributed by atoms with Gasteiger partial charge in [0.15, 0.2) is 11.6 Å². The van der Waals surface area contributed by atoms with Gasteiger partial charge in [-0.2, -0.15) is 0 Å². The standard InChI is InChI=1S/C13H18O4.C10H12O2/c1-8-4-12(17-7-11(16)6-14)5-9(2)13(8)10(3)15;1-6-4-9(12)5-7(2)10(6)8(3)11/h4-5,11,14,16H,6-7H2,1-3H3;4-5,12H,1-3H3. The summed E-state index contributed by atoms with van der Waals surface area (Å²) < 4.78 is 5.33. The van der Waals surface area contributed by atoms with Gasteiger partial charge in [-0.15, -0.1) is 0 Å². The number of ketones is 2. The summed E-state index contributed by atoms with van der Waals surface area (Å²) in [6, 6.07) is 6.72. The number of phenolic OH excluding ortho intramolecular Hbond substituents is 1. The van der Waals surface area contributed by atoms with Gasteiger partial charge in [-0.3, -0.25) is 9.59 Å². The van der Waals surface area contributed by atoms with Crippen LogP contribution in [0.2, 0.25) is 0 Å². The van der Waals surface area contributed by atoms with Crippen LogP contribution in [0.4, 0.5) is 0 Å². The van der Waals surface area contributed by atoms with Crippen LogP contribution in [-0.4, -0.2) is 46.2 Å². The monoisotopic (exact) mass is 402 g/mol. The quantitative estimate of drug-likeness (QED) is 0.640.